The highest BCUT2D eigenvalue weighted by atomic mass is 16.5. The van der Waals surface area contributed by atoms with Gasteiger partial charge in [0.05, 0.1) is 17.9 Å². The topological polar surface area (TPSA) is 96.1 Å². The van der Waals surface area contributed by atoms with E-state index in [4.69, 9.17) is 15.6 Å². The molecule has 1 aliphatic rings. The average molecular weight is 307 g/mol. The third kappa shape index (κ3) is 3.24. The second-order valence-corrected chi connectivity index (χ2v) is 5.27. The van der Waals surface area contributed by atoms with Crippen molar-refractivity contribution in [1.29, 1.82) is 0 Å². The Morgan fingerprint density at radius 3 is 2.73 bits per heavy atom. The Morgan fingerprint density at radius 1 is 1.41 bits per heavy atom. The van der Waals surface area contributed by atoms with E-state index in [-0.39, 0.29) is 12.6 Å². The number of anilines is 2. The van der Waals surface area contributed by atoms with Crippen molar-refractivity contribution < 1.29 is 19.4 Å². The summed E-state index contributed by atoms with van der Waals surface area (Å²) < 4.78 is 5.07. The van der Waals surface area contributed by atoms with E-state index in [1.807, 2.05) is 11.8 Å². The Morgan fingerprint density at radius 2 is 2.14 bits per heavy atom. The maximum atomic E-state index is 12.1. The maximum absolute atomic E-state index is 12.1. The predicted octanol–water partition coefficient (Wildman–Crippen LogP) is 1.63. The Bertz CT molecular complexity index is 576. The number of piperazine rings is 1. The summed E-state index contributed by atoms with van der Waals surface area (Å²) in [5.74, 6) is -0.418. The molecule has 1 aromatic carbocycles. The molecule has 0 bridgehead atoms. The van der Waals surface area contributed by atoms with Gasteiger partial charge in [-0.15, -0.1) is 0 Å². The van der Waals surface area contributed by atoms with Gasteiger partial charge in [-0.05, 0) is 32.0 Å². The van der Waals surface area contributed by atoms with E-state index in [1.165, 1.54) is 4.90 Å². The van der Waals surface area contributed by atoms with Crippen LogP contribution in [0, 0.1) is 0 Å². The minimum atomic E-state index is -0.921. The molecule has 1 aromatic rings. The molecule has 7 nitrogen and oxygen atoms in total. The lowest BCUT2D eigenvalue weighted by atomic mass is 10.1. The molecule has 1 aliphatic heterocycles. The van der Waals surface area contributed by atoms with Gasteiger partial charge in [-0.3, -0.25) is 0 Å². The number of nitrogens with two attached hydrogens (primary N) is 1. The van der Waals surface area contributed by atoms with E-state index < -0.39 is 12.1 Å². The van der Waals surface area contributed by atoms with Crippen LogP contribution >= 0.6 is 0 Å². The van der Waals surface area contributed by atoms with Crippen LogP contribution in [0.15, 0.2) is 18.2 Å². The van der Waals surface area contributed by atoms with Gasteiger partial charge >= 0.3 is 12.1 Å². The van der Waals surface area contributed by atoms with Gasteiger partial charge in [-0.2, -0.15) is 0 Å². The minimum Gasteiger partial charge on any atom is -0.465 e. The van der Waals surface area contributed by atoms with Crippen molar-refractivity contribution in [2.45, 2.75) is 19.9 Å². The first kappa shape index (κ1) is 15.9. The van der Waals surface area contributed by atoms with Crippen molar-refractivity contribution in [1.82, 2.24) is 4.90 Å². The predicted molar refractivity (Wildman–Crippen MR) is 83.2 cm³/mol. The molecule has 0 unspecified atom stereocenters. The van der Waals surface area contributed by atoms with Crippen molar-refractivity contribution in [3.05, 3.63) is 23.8 Å². The molecule has 7 heteroatoms. The quantitative estimate of drug-likeness (QED) is 0.651. The van der Waals surface area contributed by atoms with Crippen LogP contribution in [-0.2, 0) is 4.74 Å². The molecule has 120 valence electrons. The lowest BCUT2D eigenvalue weighted by molar-refractivity contribution is 0.0526. The number of amides is 1. The van der Waals surface area contributed by atoms with Gasteiger partial charge in [0.25, 0.3) is 0 Å². The van der Waals surface area contributed by atoms with Crippen molar-refractivity contribution in [2.75, 3.05) is 36.9 Å². The number of hydrogen-bond acceptors (Lipinski definition) is 5. The van der Waals surface area contributed by atoms with E-state index in [0.717, 1.165) is 5.69 Å². The molecule has 1 fully saturated rings. The van der Waals surface area contributed by atoms with Gasteiger partial charge in [-0.25, -0.2) is 9.59 Å². The summed E-state index contributed by atoms with van der Waals surface area (Å²) >= 11 is 0. The van der Waals surface area contributed by atoms with Crippen molar-refractivity contribution in [3.63, 3.8) is 0 Å². The van der Waals surface area contributed by atoms with E-state index >= 15 is 0 Å². The van der Waals surface area contributed by atoms with Crippen molar-refractivity contribution in [3.8, 4) is 0 Å². The highest BCUT2D eigenvalue weighted by Gasteiger charge is 2.29. The maximum Gasteiger partial charge on any atom is 0.407 e. The lowest BCUT2D eigenvalue weighted by Crippen LogP contribution is -2.54. The summed E-state index contributed by atoms with van der Waals surface area (Å²) in [5, 5.41) is 9.13. The molecule has 0 aliphatic carbocycles. The number of rotatable bonds is 3. The van der Waals surface area contributed by atoms with Gasteiger partial charge in [-0.1, -0.05) is 0 Å². The zero-order valence-corrected chi connectivity index (χ0v) is 12.8. The fraction of sp³-hybridized carbons (Fsp3) is 0.467. The van der Waals surface area contributed by atoms with Crippen LogP contribution < -0.4 is 10.6 Å². The Kier molecular flexibility index (Phi) is 4.75. The molecular formula is C15H21N3O4. The van der Waals surface area contributed by atoms with Gasteiger partial charge in [0.1, 0.15) is 0 Å². The van der Waals surface area contributed by atoms with Gasteiger partial charge in [0, 0.05) is 31.4 Å². The molecule has 0 radical (unpaired) electrons. The normalized spacial score (nSPS) is 18.2. The van der Waals surface area contributed by atoms with Crippen LogP contribution in [0.2, 0.25) is 0 Å². The summed E-state index contributed by atoms with van der Waals surface area (Å²) in [6.45, 7) is 5.31. The Hall–Kier alpha value is -2.44. The molecule has 22 heavy (non-hydrogen) atoms. The summed E-state index contributed by atoms with van der Waals surface area (Å²) in [4.78, 5) is 26.6. The molecule has 1 heterocycles. The Labute approximate surface area is 129 Å². The molecule has 1 saturated heterocycles. The first-order chi connectivity index (χ1) is 10.4. The van der Waals surface area contributed by atoms with E-state index in [1.54, 1.807) is 25.1 Å². The zero-order valence-electron chi connectivity index (χ0n) is 12.8. The number of nitrogen functional groups attached to an aromatic ring is 1. The first-order valence-electron chi connectivity index (χ1n) is 7.25. The zero-order chi connectivity index (χ0) is 16.3. The first-order valence-corrected chi connectivity index (χ1v) is 7.25. The van der Waals surface area contributed by atoms with Crippen LogP contribution in [0.3, 0.4) is 0 Å². The van der Waals surface area contributed by atoms with Gasteiger partial charge in [0.15, 0.2) is 0 Å². The fourth-order valence-electron chi connectivity index (χ4n) is 2.66. The standard InChI is InChI=1S/C15H21N3O4/c1-3-22-14(19)12-8-11(16)4-5-13(12)17-6-7-18(15(20)21)10(2)9-17/h4-5,8,10H,3,6-7,9,16H2,1-2H3,(H,20,21)/t10-/m1/s1. The van der Waals surface area contributed by atoms with E-state index in [0.29, 0.717) is 30.9 Å². The number of carboxylic acid groups (broad SMARTS) is 1. The SMILES string of the molecule is CCOC(=O)c1cc(N)ccc1N1CCN(C(=O)O)[C@H](C)C1. The third-order valence-corrected chi connectivity index (χ3v) is 3.73. The van der Waals surface area contributed by atoms with Gasteiger partial charge in [0.2, 0.25) is 0 Å². The largest absolute Gasteiger partial charge is 0.465 e. The summed E-state index contributed by atoms with van der Waals surface area (Å²) in [5.41, 5.74) is 7.40. The lowest BCUT2D eigenvalue weighted by Gasteiger charge is -2.40. The highest BCUT2D eigenvalue weighted by Crippen LogP contribution is 2.26. The average Bonchev–Trinajstić information content (AvgIpc) is 2.46. The molecular weight excluding hydrogens is 286 g/mol. The van der Waals surface area contributed by atoms with Crippen LogP contribution in [0.25, 0.3) is 0 Å². The van der Waals surface area contributed by atoms with Crippen LogP contribution in [-0.4, -0.2) is 54.4 Å². The van der Waals surface area contributed by atoms with Crippen LogP contribution in [0.4, 0.5) is 16.2 Å². The number of carbonyl (C=O) groups excluding carboxylic acids is 1. The van der Waals surface area contributed by atoms with Crippen molar-refractivity contribution in [2.24, 2.45) is 0 Å². The monoisotopic (exact) mass is 307 g/mol. The second-order valence-electron chi connectivity index (χ2n) is 5.27. The summed E-state index contributed by atoms with van der Waals surface area (Å²) in [7, 11) is 0. The van der Waals surface area contributed by atoms with Crippen molar-refractivity contribution >= 4 is 23.4 Å². The molecule has 1 amide bonds. The number of ether oxygens (including phenoxy) is 1. The molecule has 1 atom stereocenters. The molecule has 3 N–H and O–H groups in total. The molecule has 2 rings (SSSR count). The van der Waals surface area contributed by atoms with E-state index in [2.05, 4.69) is 0 Å². The van der Waals surface area contributed by atoms with E-state index in [9.17, 15) is 9.59 Å². The van der Waals surface area contributed by atoms with Crippen LogP contribution in [0.5, 0.6) is 0 Å². The molecule has 0 aromatic heterocycles. The number of hydrogen-bond donors (Lipinski definition) is 2. The summed E-state index contributed by atoms with van der Waals surface area (Å²) in [6, 6.07) is 4.96. The van der Waals surface area contributed by atoms with Crippen LogP contribution in [0.1, 0.15) is 24.2 Å². The number of benzene rings is 1. The Balaban J connectivity index is 2.26. The minimum absolute atomic E-state index is 0.154. The molecule has 0 spiro atoms. The number of nitrogens with zero attached hydrogens (tertiary/aromatic N) is 2. The third-order valence-electron chi connectivity index (χ3n) is 3.73. The summed E-state index contributed by atoms with van der Waals surface area (Å²) in [6.07, 6.45) is -0.921. The van der Waals surface area contributed by atoms with Gasteiger partial charge < -0.3 is 25.4 Å². The fourth-order valence-corrected chi connectivity index (χ4v) is 2.66. The number of carbonyl (C=O) groups is 2. The number of esters is 1. The smallest absolute Gasteiger partial charge is 0.407 e. The molecule has 0 saturated carbocycles. The highest BCUT2D eigenvalue weighted by molar-refractivity contribution is 5.97. The second kappa shape index (κ2) is 6.55.